The topological polar surface area (TPSA) is 86.8 Å². The van der Waals surface area contributed by atoms with Gasteiger partial charge < -0.3 is 10.2 Å². The number of benzene rings is 3. The highest BCUT2D eigenvalue weighted by Crippen LogP contribution is 2.25. The molecular formula is C28H31BrClN3O4S. The molecule has 0 aliphatic heterocycles. The smallest absolute Gasteiger partial charge is 0.264 e. The van der Waals surface area contributed by atoms with Crippen molar-refractivity contribution < 1.29 is 18.0 Å². The summed E-state index contributed by atoms with van der Waals surface area (Å²) in [7, 11) is -4.13. The van der Waals surface area contributed by atoms with E-state index < -0.39 is 28.5 Å². The Morgan fingerprint density at radius 2 is 1.63 bits per heavy atom. The van der Waals surface area contributed by atoms with Crippen LogP contribution in [0.2, 0.25) is 5.02 Å². The Hall–Kier alpha value is -2.88. The minimum absolute atomic E-state index is 0.000319. The van der Waals surface area contributed by atoms with Crippen LogP contribution in [0.25, 0.3) is 0 Å². The molecule has 2 atom stereocenters. The van der Waals surface area contributed by atoms with Gasteiger partial charge >= 0.3 is 0 Å². The molecule has 0 aromatic heterocycles. The molecule has 3 aromatic rings. The quantitative estimate of drug-likeness (QED) is 0.301. The van der Waals surface area contributed by atoms with E-state index in [0.29, 0.717) is 10.7 Å². The van der Waals surface area contributed by atoms with Crippen molar-refractivity contribution in [2.75, 3.05) is 10.8 Å². The number of halogens is 2. The lowest BCUT2D eigenvalue weighted by atomic mass is 10.1. The van der Waals surface area contributed by atoms with Gasteiger partial charge in [0.25, 0.3) is 10.0 Å². The van der Waals surface area contributed by atoms with E-state index in [9.17, 15) is 18.0 Å². The van der Waals surface area contributed by atoms with Gasteiger partial charge in [-0.2, -0.15) is 0 Å². The molecule has 0 fully saturated rings. The number of para-hydroxylation sites is 1. The molecule has 2 amide bonds. The molecule has 2 unspecified atom stereocenters. The Morgan fingerprint density at radius 3 is 2.24 bits per heavy atom. The minimum Gasteiger partial charge on any atom is -0.352 e. The first-order valence-corrected chi connectivity index (χ1v) is 14.8. The van der Waals surface area contributed by atoms with E-state index in [1.54, 1.807) is 37.3 Å². The monoisotopic (exact) mass is 619 g/mol. The average molecular weight is 621 g/mol. The summed E-state index contributed by atoms with van der Waals surface area (Å²) in [4.78, 5) is 28.3. The van der Waals surface area contributed by atoms with E-state index in [1.165, 1.54) is 29.2 Å². The zero-order valence-electron chi connectivity index (χ0n) is 21.5. The first-order valence-electron chi connectivity index (χ1n) is 12.2. The molecule has 202 valence electrons. The third kappa shape index (κ3) is 7.58. The maximum Gasteiger partial charge on any atom is 0.264 e. The van der Waals surface area contributed by atoms with E-state index >= 15 is 0 Å². The first kappa shape index (κ1) is 29.7. The normalized spacial score (nSPS) is 12.9. The van der Waals surface area contributed by atoms with Gasteiger partial charge in [0.1, 0.15) is 12.6 Å². The number of carbonyl (C=O) groups is 2. The van der Waals surface area contributed by atoms with Crippen LogP contribution in [0, 0.1) is 0 Å². The van der Waals surface area contributed by atoms with Gasteiger partial charge in [-0.25, -0.2) is 8.42 Å². The summed E-state index contributed by atoms with van der Waals surface area (Å²) in [5, 5.41) is 3.32. The van der Waals surface area contributed by atoms with Gasteiger partial charge in [0, 0.05) is 22.1 Å². The summed E-state index contributed by atoms with van der Waals surface area (Å²) in [5.41, 5.74) is 1.12. The molecule has 0 saturated carbocycles. The van der Waals surface area contributed by atoms with Gasteiger partial charge in [0.05, 0.1) is 10.6 Å². The fourth-order valence-electron chi connectivity index (χ4n) is 3.74. The summed E-state index contributed by atoms with van der Waals surface area (Å²) in [6.07, 6.45) is 0.735. The number of anilines is 1. The number of carbonyl (C=O) groups excluding carboxylic acids is 2. The fourth-order valence-corrected chi connectivity index (χ4v) is 5.72. The molecule has 38 heavy (non-hydrogen) atoms. The average Bonchev–Trinajstić information content (AvgIpc) is 2.90. The number of rotatable bonds is 11. The van der Waals surface area contributed by atoms with Gasteiger partial charge in [-0.05, 0) is 74.4 Å². The second kappa shape index (κ2) is 13.3. The summed E-state index contributed by atoms with van der Waals surface area (Å²) < 4.78 is 29.3. The molecular weight excluding hydrogens is 590 g/mol. The second-order valence-electron chi connectivity index (χ2n) is 8.95. The highest BCUT2D eigenvalue weighted by atomic mass is 79.9. The van der Waals surface area contributed by atoms with Crippen LogP contribution in [0.15, 0.2) is 88.2 Å². The molecule has 7 nitrogen and oxygen atoms in total. The van der Waals surface area contributed by atoms with Crippen molar-refractivity contribution in [3.8, 4) is 0 Å². The van der Waals surface area contributed by atoms with E-state index in [0.717, 1.165) is 20.8 Å². The SMILES string of the molecule is CCC(C)NC(=O)C(C)N(Cc1cccc(Br)c1)C(=O)CN(c1ccccc1)S(=O)(=O)c1ccc(Cl)cc1. The molecule has 0 aliphatic rings. The lowest BCUT2D eigenvalue weighted by molar-refractivity contribution is -0.139. The summed E-state index contributed by atoms with van der Waals surface area (Å²) in [6.45, 7) is 5.12. The number of nitrogens with zero attached hydrogens (tertiary/aromatic N) is 2. The molecule has 0 spiro atoms. The van der Waals surface area contributed by atoms with Crippen molar-refractivity contribution in [2.45, 2.75) is 50.7 Å². The van der Waals surface area contributed by atoms with Crippen LogP contribution in [-0.4, -0.2) is 43.8 Å². The molecule has 10 heteroatoms. The number of sulfonamides is 1. The third-order valence-corrected chi connectivity index (χ3v) is 8.67. The molecule has 3 aromatic carbocycles. The van der Waals surface area contributed by atoms with Crippen LogP contribution in [-0.2, 0) is 26.2 Å². The molecule has 0 radical (unpaired) electrons. The van der Waals surface area contributed by atoms with Crippen LogP contribution < -0.4 is 9.62 Å². The minimum atomic E-state index is -4.13. The van der Waals surface area contributed by atoms with Crippen molar-refractivity contribution in [1.82, 2.24) is 10.2 Å². The molecule has 0 saturated heterocycles. The Balaban J connectivity index is 2.00. The summed E-state index contributed by atoms with van der Waals surface area (Å²) >= 11 is 9.42. The molecule has 3 rings (SSSR count). The Bertz CT molecular complexity index is 1350. The van der Waals surface area contributed by atoms with E-state index in [2.05, 4.69) is 21.2 Å². The van der Waals surface area contributed by atoms with Crippen molar-refractivity contribution in [3.63, 3.8) is 0 Å². The van der Waals surface area contributed by atoms with Crippen molar-refractivity contribution in [1.29, 1.82) is 0 Å². The Labute approximate surface area is 238 Å². The zero-order chi connectivity index (χ0) is 27.9. The third-order valence-electron chi connectivity index (χ3n) is 6.13. The Morgan fingerprint density at radius 1 is 0.974 bits per heavy atom. The zero-order valence-corrected chi connectivity index (χ0v) is 24.6. The standard InChI is InChI=1S/C28H31BrClN3O4S/c1-4-20(2)31-28(35)21(3)32(18-22-9-8-10-23(29)17-22)27(34)19-33(25-11-6-5-7-12-25)38(36,37)26-15-13-24(30)14-16-26/h5-17,20-21H,4,18-19H2,1-3H3,(H,31,35). The highest BCUT2D eigenvalue weighted by molar-refractivity contribution is 9.10. The van der Waals surface area contributed by atoms with Gasteiger partial charge in [0.15, 0.2) is 0 Å². The van der Waals surface area contributed by atoms with E-state index in [1.807, 2.05) is 38.1 Å². The Kier molecular flexibility index (Phi) is 10.4. The second-order valence-corrected chi connectivity index (χ2v) is 12.2. The van der Waals surface area contributed by atoms with Crippen molar-refractivity contribution in [2.24, 2.45) is 0 Å². The number of hydrogen-bond donors (Lipinski definition) is 1. The van der Waals surface area contributed by atoms with Gasteiger partial charge in [-0.3, -0.25) is 13.9 Å². The summed E-state index contributed by atoms with van der Waals surface area (Å²) in [5.74, 6) is -0.826. The summed E-state index contributed by atoms with van der Waals surface area (Å²) in [6, 6.07) is 20.7. The molecule has 0 aliphatic carbocycles. The van der Waals surface area contributed by atoms with Crippen LogP contribution in [0.1, 0.15) is 32.8 Å². The van der Waals surface area contributed by atoms with Crippen LogP contribution in [0.5, 0.6) is 0 Å². The van der Waals surface area contributed by atoms with Crippen molar-refractivity contribution in [3.05, 3.63) is 93.9 Å². The molecule has 0 bridgehead atoms. The van der Waals surface area contributed by atoms with Gasteiger partial charge in [-0.15, -0.1) is 0 Å². The lowest BCUT2D eigenvalue weighted by Gasteiger charge is -2.32. The number of amides is 2. The molecule has 0 heterocycles. The van der Waals surface area contributed by atoms with Gasteiger partial charge in [0.2, 0.25) is 11.8 Å². The van der Waals surface area contributed by atoms with E-state index in [-0.39, 0.29) is 23.4 Å². The first-order chi connectivity index (χ1) is 18.0. The maximum atomic E-state index is 13.9. The van der Waals surface area contributed by atoms with Crippen LogP contribution >= 0.6 is 27.5 Å². The largest absolute Gasteiger partial charge is 0.352 e. The predicted octanol–water partition coefficient (Wildman–Crippen LogP) is 5.63. The van der Waals surface area contributed by atoms with Crippen LogP contribution in [0.3, 0.4) is 0 Å². The molecule has 1 N–H and O–H groups in total. The predicted molar refractivity (Wildman–Crippen MR) is 154 cm³/mol. The highest BCUT2D eigenvalue weighted by Gasteiger charge is 2.32. The van der Waals surface area contributed by atoms with Gasteiger partial charge in [-0.1, -0.05) is 64.8 Å². The number of hydrogen-bond acceptors (Lipinski definition) is 4. The van der Waals surface area contributed by atoms with Crippen LogP contribution in [0.4, 0.5) is 5.69 Å². The lowest BCUT2D eigenvalue weighted by Crippen LogP contribution is -2.52. The maximum absolute atomic E-state index is 13.9. The van der Waals surface area contributed by atoms with E-state index in [4.69, 9.17) is 11.6 Å². The fraction of sp³-hybridized carbons (Fsp3) is 0.286. The van der Waals surface area contributed by atoms with Crippen molar-refractivity contribution >= 4 is 55.1 Å². The number of nitrogens with one attached hydrogen (secondary N) is 1.